The van der Waals surface area contributed by atoms with Gasteiger partial charge in [-0.05, 0) is 31.2 Å². The highest BCUT2D eigenvalue weighted by atomic mass is 79.9. The molecular weight excluding hydrogens is 320 g/mol. The maximum Gasteiger partial charge on any atom is 0.197 e. The fourth-order valence-corrected chi connectivity index (χ4v) is 2.37. The molecule has 3 nitrogen and oxygen atoms in total. The van der Waals surface area contributed by atoms with E-state index < -0.39 is 0 Å². The van der Waals surface area contributed by atoms with Crippen LogP contribution in [0.1, 0.15) is 21.5 Å². The fraction of sp³-hybridized carbons (Fsp3) is 0.188. The van der Waals surface area contributed by atoms with Crippen molar-refractivity contribution in [2.45, 2.75) is 6.92 Å². The van der Waals surface area contributed by atoms with E-state index in [4.69, 9.17) is 9.47 Å². The number of hydrogen-bond acceptors (Lipinski definition) is 3. The molecule has 0 amide bonds. The van der Waals surface area contributed by atoms with Gasteiger partial charge in [-0.25, -0.2) is 0 Å². The van der Waals surface area contributed by atoms with Crippen LogP contribution in [0.15, 0.2) is 40.9 Å². The third-order valence-electron chi connectivity index (χ3n) is 3.02. The lowest BCUT2D eigenvalue weighted by Gasteiger charge is -2.11. The fourth-order valence-electron chi connectivity index (χ4n) is 1.94. The van der Waals surface area contributed by atoms with Crippen LogP contribution in [0, 0.1) is 6.92 Å². The second-order valence-electron chi connectivity index (χ2n) is 4.38. The molecule has 2 aromatic rings. The summed E-state index contributed by atoms with van der Waals surface area (Å²) in [5.41, 5.74) is 2.16. The van der Waals surface area contributed by atoms with Crippen molar-refractivity contribution in [3.05, 3.63) is 57.6 Å². The zero-order valence-electron chi connectivity index (χ0n) is 11.6. The lowest BCUT2D eigenvalue weighted by molar-refractivity contribution is 0.103. The van der Waals surface area contributed by atoms with Crippen LogP contribution >= 0.6 is 15.9 Å². The van der Waals surface area contributed by atoms with Gasteiger partial charge in [0.05, 0.1) is 19.8 Å². The maximum absolute atomic E-state index is 12.6. The molecule has 0 bridgehead atoms. The molecule has 0 heterocycles. The molecule has 20 heavy (non-hydrogen) atoms. The van der Waals surface area contributed by atoms with Gasteiger partial charge < -0.3 is 9.47 Å². The summed E-state index contributed by atoms with van der Waals surface area (Å²) in [5.74, 6) is 1.07. The number of carbonyl (C=O) groups is 1. The first-order valence-corrected chi connectivity index (χ1v) is 6.89. The van der Waals surface area contributed by atoms with E-state index in [0.29, 0.717) is 22.6 Å². The predicted molar refractivity (Wildman–Crippen MR) is 81.9 cm³/mol. The summed E-state index contributed by atoms with van der Waals surface area (Å²) in [5, 5.41) is 0. The van der Waals surface area contributed by atoms with Crippen molar-refractivity contribution in [1.82, 2.24) is 0 Å². The molecule has 2 aromatic carbocycles. The second kappa shape index (κ2) is 6.09. The number of carbonyl (C=O) groups excluding carboxylic acids is 1. The third-order valence-corrected chi connectivity index (χ3v) is 3.71. The average molecular weight is 335 g/mol. The lowest BCUT2D eigenvalue weighted by atomic mass is 10.0. The minimum Gasteiger partial charge on any atom is -0.497 e. The molecule has 104 valence electrons. The molecule has 0 spiro atoms. The van der Waals surface area contributed by atoms with E-state index in [1.807, 2.05) is 25.1 Å². The molecule has 0 aliphatic heterocycles. The summed E-state index contributed by atoms with van der Waals surface area (Å²) in [6.45, 7) is 1.95. The van der Waals surface area contributed by atoms with Crippen LogP contribution in [0.4, 0.5) is 0 Å². The highest BCUT2D eigenvalue weighted by Gasteiger charge is 2.17. The van der Waals surface area contributed by atoms with Gasteiger partial charge >= 0.3 is 0 Å². The molecular formula is C16H15BrO3. The van der Waals surface area contributed by atoms with Crippen molar-refractivity contribution < 1.29 is 14.3 Å². The number of hydrogen-bond donors (Lipinski definition) is 0. The molecule has 0 atom stereocenters. The molecule has 0 aliphatic rings. The van der Waals surface area contributed by atoms with E-state index in [1.54, 1.807) is 25.3 Å². The Balaban J connectivity index is 2.50. The molecule has 2 rings (SSSR count). The Hall–Kier alpha value is -1.81. The molecule has 0 unspecified atom stereocenters. The highest BCUT2D eigenvalue weighted by molar-refractivity contribution is 9.10. The van der Waals surface area contributed by atoms with Crippen LogP contribution in [0.3, 0.4) is 0 Å². The Morgan fingerprint density at radius 2 is 1.75 bits per heavy atom. The quantitative estimate of drug-likeness (QED) is 0.792. The zero-order chi connectivity index (χ0) is 14.7. The van der Waals surface area contributed by atoms with Crippen LogP contribution in [0.2, 0.25) is 0 Å². The Labute approximate surface area is 126 Å². The minimum atomic E-state index is -0.0833. The number of methoxy groups -OCH3 is 2. The standard InChI is InChI=1S/C16H15BrO3/c1-10-4-7-14(17)13(8-10)16(18)12-6-5-11(19-2)9-15(12)20-3/h4-9H,1-3H3. The van der Waals surface area contributed by atoms with Gasteiger partial charge in [0.2, 0.25) is 0 Å². The van der Waals surface area contributed by atoms with Crippen LogP contribution < -0.4 is 9.47 Å². The van der Waals surface area contributed by atoms with Crippen LogP contribution in [0.25, 0.3) is 0 Å². The summed E-state index contributed by atoms with van der Waals surface area (Å²) < 4.78 is 11.2. The normalized spacial score (nSPS) is 10.2. The summed E-state index contributed by atoms with van der Waals surface area (Å²) in [6, 6.07) is 10.9. The SMILES string of the molecule is COc1ccc(C(=O)c2cc(C)ccc2Br)c(OC)c1. The first kappa shape index (κ1) is 14.6. The number of ether oxygens (including phenoxy) is 2. The Morgan fingerprint density at radius 3 is 2.40 bits per heavy atom. The van der Waals surface area contributed by atoms with Crippen molar-refractivity contribution in [3.63, 3.8) is 0 Å². The van der Waals surface area contributed by atoms with Gasteiger partial charge in [-0.15, -0.1) is 0 Å². The smallest absolute Gasteiger partial charge is 0.197 e. The van der Waals surface area contributed by atoms with Crippen molar-refractivity contribution in [2.24, 2.45) is 0 Å². The van der Waals surface area contributed by atoms with Crippen LogP contribution in [-0.4, -0.2) is 20.0 Å². The molecule has 0 saturated heterocycles. The topological polar surface area (TPSA) is 35.5 Å². The molecule has 0 radical (unpaired) electrons. The van der Waals surface area contributed by atoms with E-state index in [9.17, 15) is 4.79 Å². The van der Waals surface area contributed by atoms with Crippen molar-refractivity contribution >= 4 is 21.7 Å². The molecule has 0 aliphatic carbocycles. The molecule has 0 N–H and O–H groups in total. The third kappa shape index (κ3) is 2.85. The number of aryl methyl sites for hydroxylation is 1. The number of rotatable bonds is 4. The van der Waals surface area contributed by atoms with Gasteiger partial charge in [-0.2, -0.15) is 0 Å². The summed E-state index contributed by atoms with van der Waals surface area (Å²) in [7, 11) is 3.12. The van der Waals surface area contributed by atoms with Gasteiger partial charge in [-0.1, -0.05) is 27.6 Å². The summed E-state index contributed by atoms with van der Waals surface area (Å²) in [6.07, 6.45) is 0. The lowest BCUT2D eigenvalue weighted by Crippen LogP contribution is -2.05. The van der Waals surface area contributed by atoms with E-state index >= 15 is 0 Å². The van der Waals surface area contributed by atoms with Crippen molar-refractivity contribution in [3.8, 4) is 11.5 Å². The first-order valence-electron chi connectivity index (χ1n) is 6.09. The van der Waals surface area contributed by atoms with Crippen LogP contribution in [0.5, 0.6) is 11.5 Å². The van der Waals surface area contributed by atoms with Crippen LogP contribution in [-0.2, 0) is 0 Å². The molecule has 0 aromatic heterocycles. The number of benzene rings is 2. The Bertz CT molecular complexity index is 650. The van der Waals surface area contributed by atoms with E-state index in [-0.39, 0.29) is 5.78 Å². The second-order valence-corrected chi connectivity index (χ2v) is 5.23. The highest BCUT2D eigenvalue weighted by Crippen LogP contribution is 2.29. The van der Waals surface area contributed by atoms with E-state index in [0.717, 1.165) is 10.0 Å². The number of halogens is 1. The Morgan fingerprint density at radius 1 is 1.00 bits per heavy atom. The van der Waals surface area contributed by atoms with Gasteiger partial charge in [0.1, 0.15) is 11.5 Å². The monoisotopic (exact) mass is 334 g/mol. The van der Waals surface area contributed by atoms with Gasteiger partial charge in [0.15, 0.2) is 5.78 Å². The first-order chi connectivity index (χ1) is 9.56. The summed E-state index contributed by atoms with van der Waals surface area (Å²) in [4.78, 5) is 12.6. The van der Waals surface area contributed by atoms with Gasteiger partial charge in [0.25, 0.3) is 0 Å². The predicted octanol–water partition coefficient (Wildman–Crippen LogP) is 4.01. The molecule has 4 heteroatoms. The largest absolute Gasteiger partial charge is 0.497 e. The van der Waals surface area contributed by atoms with Crippen molar-refractivity contribution in [1.29, 1.82) is 0 Å². The maximum atomic E-state index is 12.6. The average Bonchev–Trinajstić information content (AvgIpc) is 2.48. The van der Waals surface area contributed by atoms with Gasteiger partial charge in [0, 0.05) is 16.1 Å². The Kier molecular flexibility index (Phi) is 4.45. The zero-order valence-corrected chi connectivity index (χ0v) is 13.2. The van der Waals surface area contributed by atoms with E-state index in [1.165, 1.54) is 7.11 Å². The van der Waals surface area contributed by atoms with E-state index in [2.05, 4.69) is 15.9 Å². The number of ketones is 1. The molecule has 0 saturated carbocycles. The minimum absolute atomic E-state index is 0.0833. The van der Waals surface area contributed by atoms with Crippen molar-refractivity contribution in [2.75, 3.05) is 14.2 Å². The summed E-state index contributed by atoms with van der Waals surface area (Å²) >= 11 is 3.42. The molecule has 0 fully saturated rings. The van der Waals surface area contributed by atoms with Gasteiger partial charge in [-0.3, -0.25) is 4.79 Å².